The molecule has 3 heteroatoms. The van der Waals surface area contributed by atoms with Gasteiger partial charge in [-0.05, 0) is 13.6 Å². The van der Waals surface area contributed by atoms with E-state index < -0.39 is 10.4 Å². The molecule has 0 radical (unpaired) electrons. The molecule has 0 aromatic rings. The lowest BCUT2D eigenvalue weighted by Gasteiger charge is -1.98. The number of rotatable bonds is 4. The summed E-state index contributed by atoms with van der Waals surface area (Å²) in [7, 11) is 1.02. The molecule has 2 nitrogen and oxygen atoms in total. The molecule has 0 bridgehead atoms. The van der Waals surface area contributed by atoms with E-state index in [0.29, 0.717) is 5.75 Å². The first-order chi connectivity index (χ1) is 3.77. The minimum absolute atomic E-state index is 0.709. The monoisotopic (exact) mass is 134 g/mol. The first-order valence-electron chi connectivity index (χ1n) is 2.60. The molecule has 0 aliphatic heterocycles. The van der Waals surface area contributed by atoms with Crippen LogP contribution in [0.4, 0.5) is 0 Å². The van der Waals surface area contributed by atoms with Gasteiger partial charge < -0.3 is 9.53 Å². The normalized spacial score (nSPS) is 10.2. The summed E-state index contributed by atoms with van der Waals surface area (Å²) in [6.45, 7) is 0.932. The molecule has 0 rings (SSSR count). The van der Waals surface area contributed by atoms with Crippen LogP contribution in [-0.4, -0.2) is 25.2 Å². The van der Waals surface area contributed by atoms with Crippen LogP contribution in [0.25, 0.3) is 0 Å². The maximum Gasteiger partial charge on any atom is -0.00682 e. The first-order valence-corrected chi connectivity index (χ1v) is 4.09. The lowest BCUT2D eigenvalue weighted by Crippen LogP contribution is -2.09. The van der Waals surface area contributed by atoms with Gasteiger partial charge in [-0.3, -0.25) is 10.4 Å². The van der Waals surface area contributed by atoms with Gasteiger partial charge in [0.25, 0.3) is 0 Å². The largest absolute Gasteiger partial charge is 0.462 e. The zero-order valence-electron chi connectivity index (χ0n) is 5.14. The second-order valence-electron chi connectivity index (χ2n) is 1.60. The fourth-order valence-corrected chi connectivity index (χ4v) is 0.876. The molecular formula is C5H12NOS-. The van der Waals surface area contributed by atoms with Gasteiger partial charge in [-0.1, -0.05) is 6.42 Å². The van der Waals surface area contributed by atoms with Crippen molar-refractivity contribution in [1.82, 2.24) is 5.32 Å². The maximum absolute atomic E-state index is 10.3. The van der Waals surface area contributed by atoms with Crippen LogP contribution >= 0.6 is 0 Å². The van der Waals surface area contributed by atoms with Crippen molar-refractivity contribution < 1.29 is 4.21 Å². The average molecular weight is 134 g/mol. The Bertz CT molecular complexity index is 101. The van der Waals surface area contributed by atoms with Gasteiger partial charge in [0.1, 0.15) is 0 Å². The van der Waals surface area contributed by atoms with Crippen LogP contribution in [0.5, 0.6) is 0 Å². The molecular weight excluding hydrogens is 122 g/mol. The molecule has 0 aromatic heterocycles. The molecule has 0 aliphatic carbocycles. The zero-order valence-corrected chi connectivity index (χ0v) is 5.96. The van der Waals surface area contributed by atoms with Crippen molar-refractivity contribution in [3.05, 3.63) is 0 Å². The summed E-state index contributed by atoms with van der Waals surface area (Å²) in [5.41, 5.74) is 0. The number of nitrogens with one attached hydrogen (secondary N) is 1. The van der Waals surface area contributed by atoms with Crippen molar-refractivity contribution >= 4 is 16.3 Å². The molecule has 0 aliphatic rings. The Kier molecular flexibility index (Phi) is 5.11. The topological polar surface area (TPSA) is 29.1 Å². The van der Waals surface area contributed by atoms with Crippen molar-refractivity contribution in [2.75, 3.05) is 19.3 Å². The molecule has 0 heterocycles. The SMILES string of the molecule is C=[S-](=O)CCCNC. The molecule has 50 valence electrons. The van der Waals surface area contributed by atoms with Crippen LogP contribution in [-0.2, 0) is 14.6 Å². The van der Waals surface area contributed by atoms with Gasteiger partial charge in [-0.2, -0.15) is 5.87 Å². The Hall–Kier alpha value is -0.0200. The average Bonchev–Trinajstić information content (AvgIpc) is 1.66. The van der Waals surface area contributed by atoms with Gasteiger partial charge in [0, 0.05) is 0 Å². The van der Waals surface area contributed by atoms with Crippen molar-refractivity contribution in [3.63, 3.8) is 0 Å². The van der Waals surface area contributed by atoms with Gasteiger partial charge in [0.15, 0.2) is 0 Å². The molecule has 8 heavy (non-hydrogen) atoms. The van der Waals surface area contributed by atoms with Crippen molar-refractivity contribution in [2.24, 2.45) is 0 Å². The number of hydrogen-bond acceptors (Lipinski definition) is 3. The summed E-state index contributed by atoms with van der Waals surface area (Å²) in [5, 5.41) is 2.96. The highest BCUT2D eigenvalue weighted by atomic mass is 32.2. The van der Waals surface area contributed by atoms with Crippen LogP contribution in [0.1, 0.15) is 6.42 Å². The van der Waals surface area contributed by atoms with Gasteiger partial charge in [-0.25, -0.2) is 0 Å². The van der Waals surface area contributed by atoms with Gasteiger partial charge in [0.05, 0.1) is 0 Å². The molecule has 0 unspecified atom stereocenters. The molecule has 1 N–H and O–H groups in total. The van der Waals surface area contributed by atoms with E-state index in [1.165, 1.54) is 0 Å². The minimum Gasteiger partial charge on any atom is -0.462 e. The van der Waals surface area contributed by atoms with Crippen molar-refractivity contribution in [1.29, 1.82) is 0 Å². The smallest absolute Gasteiger partial charge is 0.00682 e. The Labute approximate surface area is 52.3 Å². The van der Waals surface area contributed by atoms with Gasteiger partial charge in [0.2, 0.25) is 0 Å². The Morgan fingerprint density at radius 1 is 1.75 bits per heavy atom. The summed E-state index contributed by atoms with van der Waals surface area (Å²) in [4.78, 5) is 0. The van der Waals surface area contributed by atoms with Crippen LogP contribution < -0.4 is 5.32 Å². The summed E-state index contributed by atoms with van der Waals surface area (Å²) >= 11 is 0. The third kappa shape index (κ3) is 5.98. The highest BCUT2D eigenvalue weighted by Crippen LogP contribution is 1.74. The van der Waals surface area contributed by atoms with E-state index in [1.54, 1.807) is 0 Å². The van der Waals surface area contributed by atoms with Crippen molar-refractivity contribution in [3.8, 4) is 0 Å². The van der Waals surface area contributed by atoms with Crippen LogP contribution in [0.2, 0.25) is 0 Å². The first kappa shape index (κ1) is 7.98. The standard InChI is InChI=1S/C5H12NOS/c1-6-4-3-5-8(2)7/h6H,2-5H2,1H3/q-1. The quantitative estimate of drug-likeness (QED) is 0.333. The van der Waals surface area contributed by atoms with E-state index in [9.17, 15) is 4.21 Å². The van der Waals surface area contributed by atoms with Crippen LogP contribution in [0, 0.1) is 0 Å². The second-order valence-corrected chi connectivity index (χ2v) is 2.89. The third-order valence-electron chi connectivity index (χ3n) is 0.799. The molecule has 0 atom stereocenters. The maximum atomic E-state index is 10.3. The fraction of sp³-hybridized carbons (Fsp3) is 0.800. The number of hydrogen-bond donors (Lipinski definition) is 1. The molecule has 0 saturated carbocycles. The third-order valence-corrected chi connectivity index (χ3v) is 1.54. The van der Waals surface area contributed by atoms with E-state index in [1.807, 2.05) is 7.05 Å². The lowest BCUT2D eigenvalue weighted by atomic mass is 10.5. The van der Waals surface area contributed by atoms with E-state index in [-0.39, 0.29) is 0 Å². The Balaban J connectivity index is 2.94. The predicted molar refractivity (Wildman–Crippen MR) is 38.6 cm³/mol. The second kappa shape index (κ2) is 5.12. The summed E-state index contributed by atoms with van der Waals surface area (Å²) < 4.78 is 10.3. The lowest BCUT2D eigenvalue weighted by molar-refractivity contribution is 0.601. The highest BCUT2D eigenvalue weighted by Gasteiger charge is 1.74. The summed E-state index contributed by atoms with van der Waals surface area (Å²) in [6.07, 6.45) is 0.951. The van der Waals surface area contributed by atoms with E-state index in [4.69, 9.17) is 0 Å². The van der Waals surface area contributed by atoms with E-state index >= 15 is 0 Å². The molecule has 0 saturated heterocycles. The molecule has 0 spiro atoms. The fourth-order valence-electron chi connectivity index (χ4n) is 0.410. The van der Waals surface area contributed by atoms with Crippen LogP contribution in [0.15, 0.2) is 0 Å². The molecule has 0 fully saturated rings. The zero-order chi connectivity index (χ0) is 6.41. The van der Waals surface area contributed by atoms with Crippen molar-refractivity contribution in [2.45, 2.75) is 6.42 Å². The minimum atomic E-state index is -0.857. The van der Waals surface area contributed by atoms with Crippen LogP contribution in [0.3, 0.4) is 0 Å². The molecule has 0 aromatic carbocycles. The summed E-state index contributed by atoms with van der Waals surface area (Å²) in [6, 6.07) is 0. The Morgan fingerprint density at radius 3 is 2.75 bits per heavy atom. The van der Waals surface area contributed by atoms with E-state index in [2.05, 4.69) is 11.2 Å². The van der Waals surface area contributed by atoms with Gasteiger partial charge >= 0.3 is 0 Å². The predicted octanol–water partition coefficient (Wildman–Crippen LogP) is -0.00830. The molecule has 0 amide bonds. The highest BCUT2D eigenvalue weighted by molar-refractivity contribution is 7.82. The Morgan fingerprint density at radius 2 is 2.38 bits per heavy atom. The van der Waals surface area contributed by atoms with Gasteiger partial charge in [-0.15, -0.1) is 5.75 Å². The summed E-state index contributed by atoms with van der Waals surface area (Å²) in [5.74, 6) is 4.06. The van der Waals surface area contributed by atoms with E-state index in [0.717, 1.165) is 13.0 Å².